The molecule has 0 spiro atoms. The molecule has 0 atom stereocenters. The Morgan fingerprint density at radius 1 is 1.29 bits per heavy atom. The van der Waals surface area contributed by atoms with E-state index in [0.29, 0.717) is 12.1 Å². The van der Waals surface area contributed by atoms with Crippen LogP contribution >= 0.6 is 0 Å². The summed E-state index contributed by atoms with van der Waals surface area (Å²) in [7, 11) is 1.81. The Morgan fingerprint density at radius 2 is 2.00 bits per heavy atom. The van der Waals surface area contributed by atoms with E-state index in [1.807, 2.05) is 32.5 Å². The molecule has 1 amide bonds. The number of amides is 1. The minimum absolute atomic E-state index is 0.0160. The van der Waals surface area contributed by atoms with Gasteiger partial charge in [0.25, 0.3) is 5.91 Å². The summed E-state index contributed by atoms with van der Waals surface area (Å²) in [5.41, 5.74) is 3.85. The van der Waals surface area contributed by atoms with E-state index < -0.39 is 0 Å². The lowest BCUT2D eigenvalue weighted by molar-refractivity contribution is 0.0784. The number of nitrogens with zero attached hydrogens (tertiary/aromatic N) is 5. The summed E-state index contributed by atoms with van der Waals surface area (Å²) in [5, 5.41) is 8.64. The Kier molecular flexibility index (Phi) is 4.45. The lowest BCUT2D eigenvalue weighted by atomic mass is 10.2. The van der Waals surface area contributed by atoms with Crippen LogP contribution in [0, 0.1) is 13.8 Å². The van der Waals surface area contributed by atoms with Crippen molar-refractivity contribution >= 4 is 5.91 Å². The first-order valence-corrected chi connectivity index (χ1v) is 7.28. The Labute approximate surface area is 125 Å². The number of rotatable bonds is 5. The van der Waals surface area contributed by atoms with Crippen molar-refractivity contribution in [2.24, 2.45) is 0 Å². The van der Waals surface area contributed by atoms with Crippen LogP contribution in [0.15, 0.2) is 12.4 Å². The molecule has 0 aliphatic heterocycles. The van der Waals surface area contributed by atoms with Crippen molar-refractivity contribution in [3.8, 4) is 0 Å². The second-order valence-corrected chi connectivity index (χ2v) is 5.21. The number of hydrogen-bond donors (Lipinski definition) is 0. The molecule has 0 aliphatic rings. The summed E-state index contributed by atoms with van der Waals surface area (Å²) in [4.78, 5) is 14.1. The zero-order valence-corrected chi connectivity index (χ0v) is 13.4. The first-order chi connectivity index (χ1) is 9.97. The Hall–Kier alpha value is -2.11. The third-order valence-corrected chi connectivity index (χ3v) is 3.78. The topological polar surface area (TPSA) is 56.0 Å². The van der Waals surface area contributed by atoms with Crippen molar-refractivity contribution in [1.29, 1.82) is 0 Å². The van der Waals surface area contributed by atoms with Crippen LogP contribution < -0.4 is 0 Å². The Bertz CT molecular complexity index is 641. The molecular weight excluding hydrogens is 266 g/mol. The van der Waals surface area contributed by atoms with E-state index in [1.54, 1.807) is 22.0 Å². The molecule has 0 N–H and O–H groups in total. The van der Waals surface area contributed by atoms with Crippen molar-refractivity contribution in [3.63, 3.8) is 0 Å². The minimum Gasteiger partial charge on any atom is -0.337 e. The molecule has 6 heteroatoms. The second-order valence-electron chi connectivity index (χ2n) is 5.21. The zero-order chi connectivity index (χ0) is 15.6. The van der Waals surface area contributed by atoms with Crippen molar-refractivity contribution in [2.75, 3.05) is 7.05 Å². The highest BCUT2D eigenvalue weighted by Gasteiger charge is 2.18. The normalized spacial score (nSPS) is 10.9. The molecule has 2 aromatic rings. The summed E-state index contributed by atoms with van der Waals surface area (Å²) >= 11 is 0. The molecule has 2 heterocycles. The van der Waals surface area contributed by atoms with E-state index >= 15 is 0 Å². The fourth-order valence-electron chi connectivity index (χ4n) is 2.45. The predicted octanol–water partition coefficient (Wildman–Crippen LogP) is 2.01. The summed E-state index contributed by atoms with van der Waals surface area (Å²) < 4.78 is 3.73. The molecule has 0 unspecified atom stereocenters. The van der Waals surface area contributed by atoms with Crippen molar-refractivity contribution in [3.05, 3.63) is 34.9 Å². The van der Waals surface area contributed by atoms with Gasteiger partial charge in [-0.05, 0) is 27.7 Å². The number of hydrogen-bond acceptors (Lipinski definition) is 3. The fourth-order valence-corrected chi connectivity index (χ4v) is 2.45. The van der Waals surface area contributed by atoms with Gasteiger partial charge in [-0.25, -0.2) is 0 Å². The predicted molar refractivity (Wildman–Crippen MR) is 81.1 cm³/mol. The van der Waals surface area contributed by atoms with Crippen LogP contribution in [0.2, 0.25) is 0 Å². The van der Waals surface area contributed by atoms with Crippen LogP contribution in [0.25, 0.3) is 0 Å². The lowest BCUT2D eigenvalue weighted by Gasteiger charge is -2.16. The molecule has 0 bridgehead atoms. The van der Waals surface area contributed by atoms with Gasteiger partial charge in [-0.3, -0.25) is 14.2 Å². The average molecular weight is 289 g/mol. The van der Waals surface area contributed by atoms with E-state index in [2.05, 4.69) is 17.1 Å². The summed E-state index contributed by atoms with van der Waals surface area (Å²) in [6, 6.07) is 0. The van der Waals surface area contributed by atoms with E-state index in [4.69, 9.17) is 0 Å². The van der Waals surface area contributed by atoms with Crippen LogP contribution in [0.3, 0.4) is 0 Å². The fraction of sp³-hybridized carbons (Fsp3) is 0.533. The van der Waals surface area contributed by atoms with Gasteiger partial charge in [0, 0.05) is 44.1 Å². The molecule has 0 fully saturated rings. The van der Waals surface area contributed by atoms with Crippen LogP contribution in [0.1, 0.15) is 41.2 Å². The van der Waals surface area contributed by atoms with E-state index in [1.165, 1.54) is 0 Å². The lowest BCUT2D eigenvalue weighted by Crippen LogP contribution is -2.26. The highest BCUT2D eigenvalue weighted by molar-refractivity contribution is 5.93. The first kappa shape index (κ1) is 15.3. The molecular formula is C15H23N5O. The molecule has 0 saturated carbocycles. The number of carbonyl (C=O) groups is 1. The monoisotopic (exact) mass is 289 g/mol. The van der Waals surface area contributed by atoms with Crippen LogP contribution in [0.4, 0.5) is 0 Å². The molecule has 114 valence electrons. The van der Waals surface area contributed by atoms with Gasteiger partial charge in [-0.15, -0.1) is 0 Å². The highest BCUT2D eigenvalue weighted by Crippen LogP contribution is 2.16. The van der Waals surface area contributed by atoms with E-state index in [-0.39, 0.29) is 5.91 Å². The van der Waals surface area contributed by atoms with Crippen LogP contribution in [0.5, 0.6) is 0 Å². The summed E-state index contributed by atoms with van der Waals surface area (Å²) in [5.74, 6) is -0.0160. The van der Waals surface area contributed by atoms with Crippen molar-refractivity contribution in [2.45, 2.75) is 47.3 Å². The number of aryl methyl sites for hydroxylation is 3. The third-order valence-electron chi connectivity index (χ3n) is 3.78. The molecule has 21 heavy (non-hydrogen) atoms. The molecule has 0 saturated heterocycles. The maximum absolute atomic E-state index is 12.4. The quantitative estimate of drug-likeness (QED) is 0.846. The van der Waals surface area contributed by atoms with Crippen molar-refractivity contribution in [1.82, 2.24) is 24.5 Å². The standard InChI is InChI=1S/C15H23N5O/c1-6-19-9-13(8-16-19)15(21)18(5)10-14-11(3)17-20(7-2)12(14)4/h8-9H,6-7,10H2,1-5H3. The van der Waals surface area contributed by atoms with Gasteiger partial charge in [0.15, 0.2) is 0 Å². The minimum atomic E-state index is -0.0160. The molecule has 0 aromatic carbocycles. The number of aromatic nitrogens is 4. The van der Waals surface area contributed by atoms with E-state index in [9.17, 15) is 4.79 Å². The summed E-state index contributed by atoms with van der Waals surface area (Å²) in [6.07, 6.45) is 3.41. The molecule has 0 aliphatic carbocycles. The highest BCUT2D eigenvalue weighted by atomic mass is 16.2. The molecule has 0 radical (unpaired) electrons. The van der Waals surface area contributed by atoms with Gasteiger partial charge >= 0.3 is 0 Å². The van der Waals surface area contributed by atoms with Gasteiger partial charge in [-0.2, -0.15) is 10.2 Å². The Balaban J connectivity index is 2.16. The SMILES string of the molecule is CCn1cc(C(=O)N(C)Cc2c(C)nn(CC)c2C)cn1. The third kappa shape index (κ3) is 2.99. The van der Waals surface area contributed by atoms with E-state index in [0.717, 1.165) is 30.0 Å². The van der Waals surface area contributed by atoms with Crippen LogP contribution in [-0.2, 0) is 19.6 Å². The average Bonchev–Trinajstić information content (AvgIpc) is 3.06. The largest absolute Gasteiger partial charge is 0.337 e. The second kappa shape index (κ2) is 6.11. The van der Waals surface area contributed by atoms with Gasteiger partial charge in [-0.1, -0.05) is 0 Å². The number of carbonyl (C=O) groups excluding carboxylic acids is 1. The Morgan fingerprint density at radius 3 is 2.52 bits per heavy atom. The molecule has 2 aromatic heterocycles. The van der Waals surface area contributed by atoms with Gasteiger partial charge in [0.1, 0.15) is 0 Å². The summed E-state index contributed by atoms with van der Waals surface area (Å²) in [6.45, 7) is 10.3. The smallest absolute Gasteiger partial charge is 0.257 e. The van der Waals surface area contributed by atoms with Gasteiger partial charge in [0.2, 0.25) is 0 Å². The maximum atomic E-state index is 12.4. The van der Waals surface area contributed by atoms with Gasteiger partial charge in [0.05, 0.1) is 17.5 Å². The maximum Gasteiger partial charge on any atom is 0.257 e. The van der Waals surface area contributed by atoms with Crippen LogP contribution in [-0.4, -0.2) is 37.4 Å². The van der Waals surface area contributed by atoms with Gasteiger partial charge < -0.3 is 4.90 Å². The zero-order valence-electron chi connectivity index (χ0n) is 13.4. The first-order valence-electron chi connectivity index (χ1n) is 7.28. The molecule has 2 rings (SSSR count). The van der Waals surface area contributed by atoms with Crippen molar-refractivity contribution < 1.29 is 4.79 Å². The molecule has 6 nitrogen and oxygen atoms in total.